The van der Waals surface area contributed by atoms with Gasteiger partial charge >= 0.3 is 0 Å². The molecule has 0 bridgehead atoms. The number of ether oxygens (including phenoxy) is 1. The van der Waals surface area contributed by atoms with Crippen molar-refractivity contribution in [2.24, 2.45) is 5.41 Å². The Balaban J connectivity index is 2.08. The molecule has 2 rings (SSSR count). The van der Waals surface area contributed by atoms with Crippen molar-refractivity contribution in [1.82, 2.24) is 10.2 Å². The lowest BCUT2D eigenvalue weighted by atomic mass is 9.85. The van der Waals surface area contributed by atoms with Crippen molar-refractivity contribution in [1.29, 1.82) is 0 Å². The number of nitrogens with one attached hydrogen (secondary N) is 1. The fourth-order valence-corrected chi connectivity index (χ4v) is 2.84. The van der Waals surface area contributed by atoms with Crippen LogP contribution in [0.25, 0.3) is 0 Å². The van der Waals surface area contributed by atoms with Crippen LogP contribution >= 0.6 is 11.6 Å². The number of piperazine rings is 1. The lowest BCUT2D eigenvalue weighted by Gasteiger charge is -2.40. The van der Waals surface area contributed by atoms with Crippen LogP contribution in [-0.4, -0.2) is 37.7 Å². The van der Waals surface area contributed by atoms with Crippen LogP contribution in [0.4, 0.5) is 0 Å². The van der Waals surface area contributed by atoms with Crippen molar-refractivity contribution >= 4 is 11.6 Å². The van der Waals surface area contributed by atoms with Gasteiger partial charge in [0.05, 0.1) is 7.11 Å². The molecule has 0 spiro atoms. The molecule has 1 aromatic rings. The molecule has 1 N–H and O–H groups in total. The summed E-state index contributed by atoms with van der Waals surface area (Å²) in [6, 6.07) is 6.34. The first-order valence-corrected chi connectivity index (χ1v) is 7.56. The molecule has 1 unspecified atom stereocenters. The Hall–Kier alpha value is -0.770. The zero-order chi connectivity index (χ0) is 14.8. The molecule has 0 amide bonds. The predicted molar refractivity (Wildman–Crippen MR) is 84.5 cm³/mol. The Labute approximate surface area is 127 Å². The molecule has 20 heavy (non-hydrogen) atoms. The van der Waals surface area contributed by atoms with Crippen molar-refractivity contribution in [2.45, 2.75) is 33.4 Å². The Morgan fingerprint density at radius 2 is 2.15 bits per heavy atom. The SMILES string of the molecule is COc1ccc(Cl)cc1CN1CCNC(C(C)(C)C)C1. The van der Waals surface area contributed by atoms with Crippen molar-refractivity contribution in [3.05, 3.63) is 28.8 Å². The van der Waals surface area contributed by atoms with E-state index in [9.17, 15) is 0 Å². The van der Waals surface area contributed by atoms with E-state index >= 15 is 0 Å². The number of halogens is 1. The van der Waals surface area contributed by atoms with Gasteiger partial charge in [-0.25, -0.2) is 0 Å². The maximum atomic E-state index is 6.11. The Kier molecular flexibility index (Phi) is 4.95. The van der Waals surface area contributed by atoms with Crippen molar-refractivity contribution in [3.8, 4) is 5.75 Å². The molecule has 1 atom stereocenters. The minimum Gasteiger partial charge on any atom is -0.496 e. The molecule has 1 heterocycles. The molecule has 1 fully saturated rings. The van der Waals surface area contributed by atoms with Crippen LogP contribution in [0.3, 0.4) is 0 Å². The average Bonchev–Trinajstić information content (AvgIpc) is 2.38. The van der Waals surface area contributed by atoms with Crippen LogP contribution in [0.1, 0.15) is 26.3 Å². The summed E-state index contributed by atoms with van der Waals surface area (Å²) in [6.07, 6.45) is 0. The molecule has 1 aliphatic heterocycles. The average molecular weight is 297 g/mol. The molecular formula is C16H25ClN2O. The van der Waals surface area contributed by atoms with Gasteiger partial charge in [0.25, 0.3) is 0 Å². The van der Waals surface area contributed by atoms with Gasteiger partial charge in [0.1, 0.15) is 5.75 Å². The number of rotatable bonds is 3. The normalized spacial score (nSPS) is 20.9. The van der Waals surface area contributed by atoms with Gasteiger partial charge in [0.15, 0.2) is 0 Å². The minimum atomic E-state index is 0.275. The van der Waals surface area contributed by atoms with E-state index in [0.717, 1.165) is 42.5 Å². The second kappa shape index (κ2) is 6.33. The molecule has 3 nitrogen and oxygen atoms in total. The van der Waals surface area contributed by atoms with Gasteiger partial charge in [0, 0.05) is 42.8 Å². The summed E-state index contributed by atoms with van der Waals surface area (Å²) in [5, 5.41) is 4.38. The summed E-state index contributed by atoms with van der Waals surface area (Å²) >= 11 is 6.11. The van der Waals surface area contributed by atoms with E-state index in [1.807, 2.05) is 18.2 Å². The van der Waals surface area contributed by atoms with Crippen molar-refractivity contribution in [2.75, 3.05) is 26.7 Å². The number of methoxy groups -OCH3 is 1. The van der Waals surface area contributed by atoms with Gasteiger partial charge in [-0.15, -0.1) is 0 Å². The Morgan fingerprint density at radius 3 is 2.80 bits per heavy atom. The summed E-state index contributed by atoms with van der Waals surface area (Å²) in [5.74, 6) is 0.917. The summed E-state index contributed by atoms with van der Waals surface area (Å²) < 4.78 is 5.44. The first-order chi connectivity index (χ1) is 9.40. The molecule has 0 saturated carbocycles. The first-order valence-electron chi connectivity index (χ1n) is 7.18. The van der Waals surface area contributed by atoms with E-state index in [2.05, 4.69) is 31.0 Å². The molecule has 4 heteroatoms. The second-order valence-corrected chi connectivity index (χ2v) is 7.00. The van der Waals surface area contributed by atoms with Gasteiger partial charge in [-0.3, -0.25) is 4.90 Å². The number of nitrogens with zero attached hydrogens (tertiary/aromatic N) is 1. The highest BCUT2D eigenvalue weighted by molar-refractivity contribution is 6.30. The van der Waals surface area contributed by atoms with E-state index in [-0.39, 0.29) is 5.41 Å². The van der Waals surface area contributed by atoms with Gasteiger partial charge in [-0.2, -0.15) is 0 Å². The predicted octanol–water partition coefficient (Wildman–Crippen LogP) is 3.17. The van der Waals surface area contributed by atoms with Gasteiger partial charge in [-0.1, -0.05) is 32.4 Å². The molecule has 0 aliphatic carbocycles. The highest BCUT2D eigenvalue weighted by Crippen LogP contribution is 2.26. The molecule has 1 aliphatic rings. The molecule has 1 aromatic carbocycles. The maximum absolute atomic E-state index is 6.11. The maximum Gasteiger partial charge on any atom is 0.123 e. The smallest absolute Gasteiger partial charge is 0.123 e. The van der Waals surface area contributed by atoms with E-state index in [4.69, 9.17) is 16.3 Å². The van der Waals surface area contributed by atoms with Crippen LogP contribution in [0.5, 0.6) is 5.75 Å². The topological polar surface area (TPSA) is 24.5 Å². The second-order valence-electron chi connectivity index (χ2n) is 6.56. The van der Waals surface area contributed by atoms with Crippen LogP contribution in [0, 0.1) is 5.41 Å². The quantitative estimate of drug-likeness (QED) is 0.927. The Morgan fingerprint density at radius 1 is 1.40 bits per heavy atom. The molecular weight excluding hydrogens is 272 g/mol. The van der Waals surface area contributed by atoms with Crippen LogP contribution in [0.2, 0.25) is 5.02 Å². The standard InChI is InChI=1S/C16H25ClN2O/c1-16(2,3)15-11-19(8-7-18-15)10-12-9-13(17)5-6-14(12)20-4/h5-6,9,15,18H,7-8,10-11H2,1-4H3. The Bertz CT molecular complexity index is 456. The number of benzene rings is 1. The largest absolute Gasteiger partial charge is 0.496 e. The van der Waals surface area contributed by atoms with E-state index in [1.165, 1.54) is 0 Å². The molecule has 1 saturated heterocycles. The van der Waals surface area contributed by atoms with Gasteiger partial charge in [0.2, 0.25) is 0 Å². The highest BCUT2D eigenvalue weighted by Gasteiger charge is 2.29. The summed E-state index contributed by atoms with van der Waals surface area (Å²) in [4.78, 5) is 2.47. The summed E-state index contributed by atoms with van der Waals surface area (Å²) in [7, 11) is 1.71. The fraction of sp³-hybridized carbons (Fsp3) is 0.625. The summed E-state index contributed by atoms with van der Waals surface area (Å²) in [6.45, 7) is 10.9. The fourth-order valence-electron chi connectivity index (χ4n) is 2.65. The van der Waals surface area contributed by atoms with E-state index < -0.39 is 0 Å². The minimum absolute atomic E-state index is 0.275. The van der Waals surface area contributed by atoms with E-state index in [0.29, 0.717) is 6.04 Å². The van der Waals surface area contributed by atoms with Crippen molar-refractivity contribution in [3.63, 3.8) is 0 Å². The summed E-state index contributed by atoms with van der Waals surface area (Å²) in [5.41, 5.74) is 1.44. The third kappa shape index (κ3) is 3.87. The van der Waals surface area contributed by atoms with Crippen molar-refractivity contribution < 1.29 is 4.74 Å². The van der Waals surface area contributed by atoms with Crippen LogP contribution in [-0.2, 0) is 6.54 Å². The third-order valence-corrected chi connectivity index (χ3v) is 4.18. The lowest BCUT2D eigenvalue weighted by molar-refractivity contribution is 0.128. The van der Waals surface area contributed by atoms with Gasteiger partial charge in [-0.05, 0) is 23.6 Å². The monoisotopic (exact) mass is 296 g/mol. The van der Waals surface area contributed by atoms with Crippen LogP contribution < -0.4 is 10.1 Å². The number of hydrogen-bond donors (Lipinski definition) is 1. The zero-order valence-corrected chi connectivity index (χ0v) is 13.6. The zero-order valence-electron chi connectivity index (χ0n) is 12.9. The third-order valence-electron chi connectivity index (χ3n) is 3.94. The van der Waals surface area contributed by atoms with Crippen LogP contribution in [0.15, 0.2) is 18.2 Å². The van der Waals surface area contributed by atoms with Gasteiger partial charge < -0.3 is 10.1 Å². The first kappa shape index (κ1) is 15.6. The van der Waals surface area contributed by atoms with E-state index in [1.54, 1.807) is 7.11 Å². The number of hydrogen-bond acceptors (Lipinski definition) is 3. The highest BCUT2D eigenvalue weighted by atomic mass is 35.5. The lowest BCUT2D eigenvalue weighted by Crippen LogP contribution is -2.55. The molecule has 0 aromatic heterocycles. The molecule has 112 valence electrons. The molecule has 0 radical (unpaired) electrons.